The first-order valence-corrected chi connectivity index (χ1v) is 6.99. The highest BCUT2D eigenvalue weighted by Gasteiger charge is 2.26. The van der Waals surface area contributed by atoms with Crippen molar-refractivity contribution in [3.05, 3.63) is 41.7 Å². The summed E-state index contributed by atoms with van der Waals surface area (Å²) in [5.41, 5.74) is 0.715. The second-order valence-electron chi connectivity index (χ2n) is 5.15. The molecule has 1 aliphatic heterocycles. The van der Waals surface area contributed by atoms with Gasteiger partial charge >= 0.3 is 5.97 Å². The van der Waals surface area contributed by atoms with E-state index in [1.807, 2.05) is 0 Å². The number of likely N-dealkylation sites (tertiary alicyclic amines) is 1. The first-order valence-electron chi connectivity index (χ1n) is 6.99. The normalized spacial score (nSPS) is 16.3. The van der Waals surface area contributed by atoms with Crippen LogP contribution in [0.25, 0.3) is 6.08 Å². The van der Waals surface area contributed by atoms with Crippen LogP contribution in [-0.2, 0) is 9.59 Å². The van der Waals surface area contributed by atoms with Gasteiger partial charge in [0, 0.05) is 19.5 Å². The average Bonchev–Trinajstić information content (AvgIpc) is 2.47. The predicted octanol–water partition coefficient (Wildman–Crippen LogP) is 2.55. The van der Waals surface area contributed by atoms with Crippen LogP contribution < -0.4 is 0 Å². The molecule has 1 aromatic carbocycles. The molecule has 4 nitrogen and oxygen atoms in total. The van der Waals surface area contributed by atoms with Gasteiger partial charge in [0.15, 0.2) is 0 Å². The van der Waals surface area contributed by atoms with Gasteiger partial charge < -0.3 is 10.0 Å². The first-order chi connectivity index (χ1) is 10.1. The standard InChI is InChI=1S/C16H18FNO3/c17-14-5-1-3-12(11-14)4-2-6-15(19)18-9-7-13(8-10-18)16(20)21/h1-5,11,13H,6-10H2,(H,20,21). The lowest BCUT2D eigenvalue weighted by molar-refractivity contribution is -0.145. The monoisotopic (exact) mass is 291 g/mol. The topological polar surface area (TPSA) is 57.6 Å². The Morgan fingerprint density at radius 3 is 2.67 bits per heavy atom. The SMILES string of the molecule is O=C(O)C1CCN(C(=O)CC=Cc2cccc(F)c2)CC1. The molecule has 1 heterocycles. The molecule has 1 fully saturated rings. The lowest BCUT2D eigenvalue weighted by Gasteiger charge is -2.29. The molecule has 0 aromatic heterocycles. The summed E-state index contributed by atoms with van der Waals surface area (Å²) in [6.07, 6.45) is 4.68. The smallest absolute Gasteiger partial charge is 0.306 e. The van der Waals surface area contributed by atoms with Crippen molar-refractivity contribution in [3.8, 4) is 0 Å². The van der Waals surface area contributed by atoms with E-state index in [4.69, 9.17) is 5.11 Å². The van der Waals surface area contributed by atoms with E-state index in [-0.39, 0.29) is 24.1 Å². The number of rotatable bonds is 4. The largest absolute Gasteiger partial charge is 0.481 e. The van der Waals surface area contributed by atoms with Crippen molar-refractivity contribution >= 4 is 18.0 Å². The van der Waals surface area contributed by atoms with Crippen LogP contribution in [0.1, 0.15) is 24.8 Å². The van der Waals surface area contributed by atoms with Crippen molar-refractivity contribution in [1.82, 2.24) is 4.90 Å². The van der Waals surface area contributed by atoms with E-state index < -0.39 is 5.97 Å². The number of hydrogen-bond acceptors (Lipinski definition) is 2. The van der Waals surface area contributed by atoms with Crippen LogP contribution in [0.15, 0.2) is 30.3 Å². The number of benzene rings is 1. The van der Waals surface area contributed by atoms with Gasteiger partial charge in [0.25, 0.3) is 0 Å². The maximum Gasteiger partial charge on any atom is 0.306 e. The lowest BCUT2D eigenvalue weighted by Crippen LogP contribution is -2.39. The van der Waals surface area contributed by atoms with Gasteiger partial charge in [-0.2, -0.15) is 0 Å². The quantitative estimate of drug-likeness (QED) is 0.927. The molecule has 21 heavy (non-hydrogen) atoms. The summed E-state index contributed by atoms with van der Waals surface area (Å²) in [5, 5.41) is 8.91. The summed E-state index contributed by atoms with van der Waals surface area (Å²) in [5.74, 6) is -1.45. The third-order valence-corrected chi connectivity index (χ3v) is 3.65. The van der Waals surface area contributed by atoms with Gasteiger partial charge in [-0.15, -0.1) is 0 Å². The number of carbonyl (C=O) groups is 2. The highest BCUT2D eigenvalue weighted by molar-refractivity contribution is 5.79. The molecule has 0 unspecified atom stereocenters. The molecule has 2 rings (SSSR count). The molecular weight excluding hydrogens is 273 g/mol. The minimum absolute atomic E-state index is 0.0218. The van der Waals surface area contributed by atoms with Gasteiger partial charge in [-0.25, -0.2) is 4.39 Å². The Labute approximate surface area is 122 Å². The van der Waals surface area contributed by atoms with E-state index in [9.17, 15) is 14.0 Å². The number of hydrogen-bond donors (Lipinski definition) is 1. The van der Waals surface area contributed by atoms with Gasteiger partial charge in [-0.1, -0.05) is 24.3 Å². The van der Waals surface area contributed by atoms with Crippen molar-refractivity contribution in [2.75, 3.05) is 13.1 Å². The lowest BCUT2D eigenvalue weighted by atomic mass is 9.97. The highest BCUT2D eigenvalue weighted by Crippen LogP contribution is 2.18. The third kappa shape index (κ3) is 4.41. The summed E-state index contributed by atoms with van der Waals surface area (Å²) in [6, 6.07) is 6.16. The van der Waals surface area contributed by atoms with E-state index >= 15 is 0 Å². The van der Waals surface area contributed by atoms with Crippen molar-refractivity contribution < 1.29 is 19.1 Å². The molecule has 5 heteroatoms. The first kappa shape index (κ1) is 15.2. The second kappa shape index (κ2) is 7.02. The number of halogens is 1. The predicted molar refractivity (Wildman–Crippen MR) is 77.0 cm³/mol. The van der Waals surface area contributed by atoms with Gasteiger partial charge in [0.05, 0.1) is 5.92 Å². The maximum absolute atomic E-state index is 13.0. The Hall–Kier alpha value is -2.17. The van der Waals surface area contributed by atoms with Crippen molar-refractivity contribution in [3.63, 3.8) is 0 Å². The molecule has 1 saturated heterocycles. The number of nitrogens with zero attached hydrogens (tertiary/aromatic N) is 1. The van der Waals surface area contributed by atoms with Gasteiger partial charge in [-0.05, 0) is 30.5 Å². The van der Waals surface area contributed by atoms with Crippen LogP contribution in [0.4, 0.5) is 4.39 Å². The van der Waals surface area contributed by atoms with Crippen molar-refractivity contribution in [2.24, 2.45) is 5.92 Å². The summed E-state index contributed by atoms with van der Waals surface area (Å²) in [6.45, 7) is 0.979. The van der Waals surface area contributed by atoms with Crippen molar-refractivity contribution in [2.45, 2.75) is 19.3 Å². The molecule has 0 atom stereocenters. The molecular formula is C16H18FNO3. The molecule has 1 amide bonds. The zero-order valence-electron chi connectivity index (χ0n) is 11.7. The molecule has 0 aliphatic carbocycles. The number of carbonyl (C=O) groups excluding carboxylic acids is 1. The van der Waals surface area contributed by atoms with E-state index in [2.05, 4.69) is 0 Å². The molecule has 0 bridgehead atoms. The average molecular weight is 291 g/mol. The zero-order valence-corrected chi connectivity index (χ0v) is 11.7. The Morgan fingerprint density at radius 2 is 2.05 bits per heavy atom. The number of aliphatic carboxylic acids is 1. The fourth-order valence-electron chi connectivity index (χ4n) is 2.41. The van der Waals surface area contributed by atoms with Crippen LogP contribution >= 0.6 is 0 Å². The Balaban J connectivity index is 1.81. The molecule has 0 spiro atoms. The van der Waals surface area contributed by atoms with Crippen LogP contribution in [-0.4, -0.2) is 35.0 Å². The second-order valence-corrected chi connectivity index (χ2v) is 5.15. The fraction of sp³-hybridized carbons (Fsp3) is 0.375. The minimum Gasteiger partial charge on any atom is -0.481 e. The van der Waals surface area contributed by atoms with Crippen LogP contribution in [0.5, 0.6) is 0 Å². The zero-order chi connectivity index (χ0) is 15.2. The molecule has 1 aromatic rings. The fourth-order valence-corrected chi connectivity index (χ4v) is 2.41. The Morgan fingerprint density at radius 1 is 1.33 bits per heavy atom. The summed E-state index contributed by atoms with van der Waals surface area (Å²) < 4.78 is 13.0. The van der Waals surface area contributed by atoms with Crippen LogP contribution in [0.2, 0.25) is 0 Å². The molecule has 0 saturated carbocycles. The van der Waals surface area contributed by atoms with Gasteiger partial charge in [0.1, 0.15) is 5.82 Å². The van der Waals surface area contributed by atoms with Gasteiger partial charge in [0.2, 0.25) is 5.91 Å². The maximum atomic E-state index is 13.0. The van der Waals surface area contributed by atoms with Crippen LogP contribution in [0.3, 0.4) is 0 Å². The number of amides is 1. The van der Waals surface area contributed by atoms with Crippen LogP contribution in [0, 0.1) is 11.7 Å². The molecule has 112 valence electrons. The summed E-state index contributed by atoms with van der Waals surface area (Å²) in [7, 11) is 0. The molecule has 1 aliphatic rings. The highest BCUT2D eigenvalue weighted by atomic mass is 19.1. The molecule has 1 N–H and O–H groups in total. The van der Waals surface area contributed by atoms with E-state index in [0.717, 1.165) is 0 Å². The van der Waals surface area contributed by atoms with Gasteiger partial charge in [-0.3, -0.25) is 9.59 Å². The number of carboxylic acids is 1. The van der Waals surface area contributed by atoms with E-state index in [0.29, 0.717) is 31.5 Å². The Bertz CT molecular complexity index is 548. The molecule has 0 radical (unpaired) electrons. The third-order valence-electron chi connectivity index (χ3n) is 3.65. The van der Waals surface area contributed by atoms with E-state index in [1.165, 1.54) is 12.1 Å². The van der Waals surface area contributed by atoms with E-state index in [1.54, 1.807) is 29.2 Å². The summed E-state index contributed by atoms with van der Waals surface area (Å²) >= 11 is 0. The Kier molecular flexibility index (Phi) is 5.09. The number of carboxylic acid groups (broad SMARTS) is 1. The summed E-state index contributed by atoms with van der Waals surface area (Å²) in [4.78, 5) is 24.5. The van der Waals surface area contributed by atoms with Crippen molar-refractivity contribution in [1.29, 1.82) is 0 Å². The minimum atomic E-state index is -0.784. The number of piperidine rings is 1.